The lowest BCUT2D eigenvalue weighted by molar-refractivity contribution is -0.119. The van der Waals surface area contributed by atoms with E-state index in [0.717, 1.165) is 5.56 Å². The Labute approximate surface area is 149 Å². The topological polar surface area (TPSA) is 117 Å². The minimum atomic E-state index is -0.617. The number of rotatable bonds is 7. The maximum Gasteiger partial charge on any atom is 0.276 e. The summed E-state index contributed by atoms with van der Waals surface area (Å²) in [6, 6.07) is 10.9. The van der Waals surface area contributed by atoms with Crippen LogP contribution in [0, 0.1) is 24.1 Å². The monoisotopic (exact) mass is 356 g/mol. The van der Waals surface area contributed by atoms with Gasteiger partial charge in [-0.25, -0.2) is 9.87 Å². The van der Waals surface area contributed by atoms with Crippen LogP contribution >= 0.6 is 0 Å². The first-order chi connectivity index (χ1) is 12.4. The molecule has 0 atom stereocenters. The van der Waals surface area contributed by atoms with E-state index in [2.05, 4.69) is 10.8 Å². The predicted molar refractivity (Wildman–Crippen MR) is 92.8 cm³/mol. The van der Waals surface area contributed by atoms with Crippen molar-refractivity contribution in [3.8, 4) is 6.07 Å². The normalized spacial score (nSPS) is 10.0. The molecule has 134 valence electrons. The van der Waals surface area contributed by atoms with Gasteiger partial charge >= 0.3 is 0 Å². The molecule has 0 bridgehead atoms. The highest BCUT2D eigenvalue weighted by Gasteiger charge is 2.14. The largest absolute Gasteiger partial charge is 0.370 e. The molecular weight excluding hydrogens is 339 g/mol. The average Bonchev–Trinajstić information content (AvgIpc) is 2.60. The Morgan fingerprint density at radius 3 is 2.65 bits per heavy atom. The van der Waals surface area contributed by atoms with Gasteiger partial charge in [0.25, 0.3) is 5.91 Å². The molecule has 26 heavy (non-hydrogen) atoms. The molecule has 0 unspecified atom stereocenters. The fourth-order valence-corrected chi connectivity index (χ4v) is 2.10. The van der Waals surface area contributed by atoms with Crippen molar-refractivity contribution in [1.82, 2.24) is 5.48 Å². The average molecular weight is 356 g/mol. The Kier molecular flexibility index (Phi) is 6.25. The van der Waals surface area contributed by atoms with Crippen molar-refractivity contribution in [2.45, 2.75) is 13.3 Å². The van der Waals surface area contributed by atoms with Crippen molar-refractivity contribution in [2.24, 2.45) is 5.73 Å². The molecule has 0 saturated heterocycles. The van der Waals surface area contributed by atoms with Crippen LogP contribution in [0.4, 0.5) is 15.8 Å². The van der Waals surface area contributed by atoms with E-state index in [-0.39, 0.29) is 30.0 Å². The molecule has 7 nitrogen and oxygen atoms in total. The maximum atomic E-state index is 14.1. The molecule has 2 aromatic rings. The fourth-order valence-electron chi connectivity index (χ4n) is 2.10. The Balaban J connectivity index is 2.22. The zero-order chi connectivity index (χ0) is 19.1. The van der Waals surface area contributed by atoms with Crippen molar-refractivity contribution in [3.63, 3.8) is 0 Å². The zero-order valence-electron chi connectivity index (χ0n) is 14.0. The minimum absolute atomic E-state index is 0.0483. The van der Waals surface area contributed by atoms with Crippen LogP contribution in [0.1, 0.15) is 27.9 Å². The van der Waals surface area contributed by atoms with E-state index in [9.17, 15) is 14.0 Å². The summed E-state index contributed by atoms with van der Waals surface area (Å²) in [6.45, 7) is 1.68. The number of nitrogens with zero attached hydrogens (tertiary/aromatic N) is 1. The summed E-state index contributed by atoms with van der Waals surface area (Å²) in [5.41, 5.74) is 8.75. The summed E-state index contributed by atoms with van der Waals surface area (Å²) in [4.78, 5) is 27.8. The third kappa shape index (κ3) is 5.03. The number of benzene rings is 2. The number of halogens is 1. The van der Waals surface area contributed by atoms with Gasteiger partial charge in [-0.15, -0.1) is 0 Å². The molecular formula is C18H17FN4O3. The van der Waals surface area contributed by atoms with Gasteiger partial charge in [-0.1, -0.05) is 6.07 Å². The van der Waals surface area contributed by atoms with Crippen LogP contribution < -0.4 is 16.5 Å². The number of hydrogen-bond acceptors (Lipinski definition) is 5. The van der Waals surface area contributed by atoms with Gasteiger partial charge in [-0.2, -0.15) is 5.26 Å². The second kappa shape index (κ2) is 8.60. The van der Waals surface area contributed by atoms with Gasteiger partial charge in [0, 0.05) is 0 Å². The van der Waals surface area contributed by atoms with E-state index < -0.39 is 17.6 Å². The van der Waals surface area contributed by atoms with Crippen LogP contribution in [0.2, 0.25) is 0 Å². The van der Waals surface area contributed by atoms with Crippen molar-refractivity contribution >= 4 is 23.2 Å². The third-order valence-electron chi connectivity index (χ3n) is 3.40. The maximum absolute atomic E-state index is 14.1. The van der Waals surface area contributed by atoms with Gasteiger partial charge < -0.3 is 11.1 Å². The second-order valence-corrected chi connectivity index (χ2v) is 5.48. The van der Waals surface area contributed by atoms with Crippen LogP contribution in [0.3, 0.4) is 0 Å². The van der Waals surface area contributed by atoms with Crippen LogP contribution in [0.15, 0.2) is 36.4 Å². The summed E-state index contributed by atoms with van der Waals surface area (Å²) in [7, 11) is 0. The number of primary amides is 1. The molecule has 4 N–H and O–H groups in total. The van der Waals surface area contributed by atoms with E-state index >= 15 is 0 Å². The lowest BCUT2D eigenvalue weighted by atomic mass is 10.1. The molecule has 0 aliphatic carbocycles. The Bertz CT molecular complexity index is 877. The van der Waals surface area contributed by atoms with E-state index in [1.54, 1.807) is 13.0 Å². The molecule has 0 aromatic heterocycles. The first kappa shape index (κ1) is 18.9. The molecule has 0 aliphatic rings. The molecule has 2 amide bonds. The highest BCUT2D eigenvalue weighted by Crippen LogP contribution is 2.25. The van der Waals surface area contributed by atoms with Gasteiger partial charge in [0.1, 0.15) is 5.82 Å². The van der Waals surface area contributed by atoms with Gasteiger partial charge in [0.05, 0.1) is 41.6 Å². The smallest absolute Gasteiger partial charge is 0.276 e. The fraction of sp³-hybridized carbons (Fsp3) is 0.167. The van der Waals surface area contributed by atoms with Crippen molar-refractivity contribution in [2.75, 3.05) is 11.9 Å². The van der Waals surface area contributed by atoms with E-state index in [0.29, 0.717) is 5.56 Å². The first-order valence-corrected chi connectivity index (χ1v) is 7.68. The van der Waals surface area contributed by atoms with Crippen molar-refractivity contribution in [1.29, 1.82) is 5.26 Å². The summed E-state index contributed by atoms with van der Waals surface area (Å²) < 4.78 is 14.1. The van der Waals surface area contributed by atoms with Crippen molar-refractivity contribution < 1.29 is 18.8 Å². The molecule has 0 fully saturated rings. The number of nitrogens with one attached hydrogen (secondary N) is 2. The number of nitrogens with two attached hydrogens (primary N) is 1. The molecule has 2 rings (SSSR count). The number of hydrogen-bond donors (Lipinski definition) is 3. The summed E-state index contributed by atoms with van der Waals surface area (Å²) in [6.07, 6.45) is -0.0483. The Morgan fingerprint density at radius 2 is 2.00 bits per heavy atom. The standard InChI is InChI=1S/C18H17FN4O3/c1-11-2-5-15(14(19)8-11)22-16-9-12(10-20)3-4-13(16)18(25)23-26-7-6-17(21)24/h2-5,8-9,22H,6-7H2,1H3,(H2,21,24)(H,23,25). The number of hydroxylamine groups is 1. The summed E-state index contributed by atoms with van der Waals surface area (Å²) in [5, 5.41) is 11.9. The SMILES string of the molecule is Cc1ccc(Nc2cc(C#N)ccc2C(=O)NOCCC(N)=O)c(F)c1. The van der Waals surface area contributed by atoms with Crippen LogP contribution in [0.25, 0.3) is 0 Å². The van der Waals surface area contributed by atoms with Gasteiger partial charge in [0.15, 0.2) is 0 Å². The summed E-state index contributed by atoms with van der Waals surface area (Å²) in [5.74, 6) is -1.67. The summed E-state index contributed by atoms with van der Waals surface area (Å²) >= 11 is 0. The highest BCUT2D eigenvalue weighted by molar-refractivity contribution is 6.00. The number of carbonyl (C=O) groups is 2. The van der Waals surface area contributed by atoms with Crippen LogP contribution in [0.5, 0.6) is 0 Å². The van der Waals surface area contributed by atoms with Crippen LogP contribution in [-0.4, -0.2) is 18.4 Å². The Hall–Kier alpha value is -3.44. The zero-order valence-corrected chi connectivity index (χ0v) is 14.0. The van der Waals surface area contributed by atoms with E-state index in [4.69, 9.17) is 15.8 Å². The van der Waals surface area contributed by atoms with Crippen molar-refractivity contribution in [3.05, 3.63) is 58.9 Å². The molecule has 0 aliphatic heterocycles. The third-order valence-corrected chi connectivity index (χ3v) is 3.40. The second-order valence-electron chi connectivity index (χ2n) is 5.48. The first-order valence-electron chi connectivity index (χ1n) is 7.68. The van der Waals surface area contributed by atoms with Crippen LogP contribution in [-0.2, 0) is 9.63 Å². The molecule has 8 heteroatoms. The van der Waals surface area contributed by atoms with Gasteiger partial charge in [0.2, 0.25) is 5.91 Å². The molecule has 0 heterocycles. The molecule has 0 saturated carbocycles. The number of amides is 2. The minimum Gasteiger partial charge on any atom is -0.370 e. The molecule has 0 radical (unpaired) electrons. The number of carbonyl (C=O) groups excluding carboxylic acids is 2. The predicted octanol–water partition coefficient (Wildman–Crippen LogP) is 2.29. The van der Waals surface area contributed by atoms with E-state index in [1.165, 1.54) is 30.3 Å². The molecule has 0 spiro atoms. The number of aryl methyl sites for hydroxylation is 1. The molecule has 2 aromatic carbocycles. The highest BCUT2D eigenvalue weighted by atomic mass is 19.1. The lowest BCUT2D eigenvalue weighted by Crippen LogP contribution is -2.26. The number of nitriles is 1. The van der Waals surface area contributed by atoms with Gasteiger partial charge in [-0.05, 0) is 42.8 Å². The lowest BCUT2D eigenvalue weighted by Gasteiger charge is -2.13. The van der Waals surface area contributed by atoms with Gasteiger partial charge in [-0.3, -0.25) is 14.4 Å². The Morgan fingerprint density at radius 1 is 1.23 bits per heavy atom. The quantitative estimate of drug-likeness (QED) is 0.520. The van der Waals surface area contributed by atoms with E-state index in [1.807, 2.05) is 6.07 Å². The number of anilines is 2.